The first kappa shape index (κ1) is 14.1. The van der Waals surface area contributed by atoms with Crippen molar-refractivity contribution in [3.63, 3.8) is 0 Å². The maximum atomic E-state index is 11.1. The Morgan fingerprint density at radius 1 is 1.53 bits per heavy atom. The molecule has 0 fully saturated rings. The Bertz CT molecular complexity index is 224. The summed E-state index contributed by atoms with van der Waals surface area (Å²) in [4.78, 5) is 11.1. The van der Waals surface area contributed by atoms with Crippen LogP contribution in [0, 0.1) is 0 Å². The Morgan fingerprint density at radius 3 is 2.60 bits per heavy atom. The van der Waals surface area contributed by atoms with Gasteiger partial charge in [-0.2, -0.15) is 0 Å². The van der Waals surface area contributed by atoms with Gasteiger partial charge in [0, 0.05) is 18.7 Å². The molecule has 0 heterocycles. The van der Waals surface area contributed by atoms with Crippen LogP contribution in [0.1, 0.15) is 27.2 Å². The number of carbonyl (C=O) groups excluding carboxylic acids is 1. The Morgan fingerprint density at radius 2 is 2.13 bits per heavy atom. The summed E-state index contributed by atoms with van der Waals surface area (Å²) in [5.74, 6) is -0.388. The first-order valence-corrected chi connectivity index (χ1v) is 5.21. The average Bonchev–Trinajstić information content (AvgIpc) is 2.18. The molecule has 15 heavy (non-hydrogen) atoms. The maximum Gasteiger partial charge on any atom is 0.334 e. The van der Waals surface area contributed by atoms with Gasteiger partial charge in [0.25, 0.3) is 0 Å². The highest BCUT2D eigenvalue weighted by atomic mass is 16.5. The molecular weight excluding hydrogens is 194 g/mol. The number of aliphatic hydroxyl groups is 1. The zero-order valence-electron chi connectivity index (χ0n) is 9.80. The third-order valence-electron chi connectivity index (χ3n) is 2.17. The van der Waals surface area contributed by atoms with Gasteiger partial charge in [0.15, 0.2) is 0 Å². The molecule has 0 saturated carbocycles. The van der Waals surface area contributed by atoms with Crippen LogP contribution in [0.15, 0.2) is 12.2 Å². The lowest BCUT2D eigenvalue weighted by Gasteiger charge is -2.21. The van der Waals surface area contributed by atoms with Gasteiger partial charge in [-0.3, -0.25) is 0 Å². The van der Waals surface area contributed by atoms with Gasteiger partial charge in [-0.1, -0.05) is 13.5 Å². The largest absolute Gasteiger partial charge is 0.463 e. The average molecular weight is 215 g/mol. The number of nitrogens with one attached hydrogen (secondary N) is 1. The molecule has 88 valence electrons. The van der Waals surface area contributed by atoms with Crippen molar-refractivity contribution in [1.29, 1.82) is 0 Å². The fourth-order valence-electron chi connectivity index (χ4n) is 0.913. The summed E-state index contributed by atoms with van der Waals surface area (Å²) in [6.45, 7) is 10.1. The first-order valence-electron chi connectivity index (χ1n) is 5.21. The maximum absolute atomic E-state index is 11.1. The van der Waals surface area contributed by atoms with Crippen molar-refractivity contribution in [3.8, 4) is 0 Å². The smallest absolute Gasteiger partial charge is 0.334 e. The van der Waals surface area contributed by atoms with Crippen molar-refractivity contribution in [3.05, 3.63) is 12.2 Å². The number of hydrogen-bond donors (Lipinski definition) is 2. The van der Waals surface area contributed by atoms with E-state index in [1.165, 1.54) is 0 Å². The fourth-order valence-corrected chi connectivity index (χ4v) is 0.913. The molecule has 0 saturated heterocycles. The van der Waals surface area contributed by atoms with Crippen molar-refractivity contribution in [1.82, 2.24) is 5.32 Å². The molecule has 4 heteroatoms. The molecule has 2 N–H and O–H groups in total. The molecule has 0 aliphatic heterocycles. The molecule has 1 unspecified atom stereocenters. The molecule has 0 aliphatic carbocycles. The predicted molar refractivity (Wildman–Crippen MR) is 59.6 cm³/mol. The van der Waals surface area contributed by atoms with E-state index in [-0.39, 0.29) is 5.97 Å². The molecule has 0 radical (unpaired) electrons. The van der Waals surface area contributed by atoms with Crippen molar-refractivity contribution in [2.75, 3.05) is 19.7 Å². The third-order valence-corrected chi connectivity index (χ3v) is 2.17. The van der Waals surface area contributed by atoms with Gasteiger partial charge < -0.3 is 15.2 Å². The van der Waals surface area contributed by atoms with Crippen LogP contribution in [0.4, 0.5) is 0 Å². The van der Waals surface area contributed by atoms with Crippen LogP contribution in [0.25, 0.3) is 0 Å². The van der Waals surface area contributed by atoms with Crippen molar-refractivity contribution in [2.45, 2.75) is 32.8 Å². The minimum atomic E-state index is -0.741. The highest BCUT2D eigenvalue weighted by Crippen LogP contribution is 2.06. The Kier molecular flexibility index (Phi) is 6.20. The van der Waals surface area contributed by atoms with Gasteiger partial charge in [0.05, 0.1) is 12.2 Å². The summed E-state index contributed by atoms with van der Waals surface area (Å²) in [7, 11) is 0. The van der Waals surface area contributed by atoms with E-state index in [1.54, 1.807) is 13.8 Å². The second-order valence-corrected chi connectivity index (χ2v) is 3.78. The summed E-state index contributed by atoms with van der Waals surface area (Å²) in [6.07, 6.45) is 0.659. The van der Waals surface area contributed by atoms with E-state index in [9.17, 15) is 9.90 Å². The highest BCUT2D eigenvalue weighted by Gasteiger charge is 2.17. The van der Waals surface area contributed by atoms with Crippen molar-refractivity contribution in [2.24, 2.45) is 0 Å². The summed E-state index contributed by atoms with van der Waals surface area (Å²) in [5, 5.41) is 12.6. The van der Waals surface area contributed by atoms with Gasteiger partial charge >= 0.3 is 5.97 Å². The fraction of sp³-hybridized carbons (Fsp3) is 0.727. The predicted octanol–water partition coefficient (Wildman–Crippen LogP) is 0.856. The van der Waals surface area contributed by atoms with Gasteiger partial charge in [0.2, 0.25) is 0 Å². The lowest BCUT2D eigenvalue weighted by Crippen LogP contribution is -2.38. The van der Waals surface area contributed by atoms with Crippen LogP contribution in [-0.2, 0) is 9.53 Å². The molecular formula is C11H21NO3. The van der Waals surface area contributed by atoms with E-state index in [2.05, 4.69) is 11.9 Å². The van der Waals surface area contributed by atoms with Crippen LogP contribution in [0.3, 0.4) is 0 Å². The second-order valence-electron chi connectivity index (χ2n) is 3.78. The SMILES string of the molecule is C=C(CNCC(C)(O)CC)C(=O)OCC. The summed E-state index contributed by atoms with van der Waals surface area (Å²) in [5.41, 5.74) is -0.363. The molecule has 4 nitrogen and oxygen atoms in total. The summed E-state index contributed by atoms with van der Waals surface area (Å²) in [6, 6.07) is 0. The van der Waals surface area contributed by atoms with Crippen LogP contribution < -0.4 is 5.32 Å². The topological polar surface area (TPSA) is 58.6 Å². The zero-order chi connectivity index (χ0) is 11.9. The summed E-state index contributed by atoms with van der Waals surface area (Å²) < 4.78 is 4.77. The van der Waals surface area contributed by atoms with E-state index in [0.717, 1.165) is 0 Å². The van der Waals surface area contributed by atoms with Crippen LogP contribution in [0.2, 0.25) is 0 Å². The monoisotopic (exact) mass is 215 g/mol. The minimum Gasteiger partial charge on any atom is -0.463 e. The zero-order valence-corrected chi connectivity index (χ0v) is 9.80. The third kappa shape index (κ3) is 6.25. The van der Waals surface area contributed by atoms with E-state index in [1.807, 2.05) is 6.92 Å². The van der Waals surface area contributed by atoms with E-state index < -0.39 is 5.60 Å². The number of hydrogen-bond acceptors (Lipinski definition) is 4. The molecule has 0 bridgehead atoms. The number of ether oxygens (including phenoxy) is 1. The normalized spacial score (nSPS) is 14.4. The second kappa shape index (κ2) is 6.58. The van der Waals surface area contributed by atoms with E-state index in [4.69, 9.17) is 4.74 Å². The number of carbonyl (C=O) groups is 1. The Balaban J connectivity index is 3.77. The van der Waals surface area contributed by atoms with Gasteiger partial charge in [-0.15, -0.1) is 0 Å². The van der Waals surface area contributed by atoms with Gasteiger partial charge in [-0.05, 0) is 20.3 Å². The molecule has 0 aliphatic rings. The lowest BCUT2D eigenvalue weighted by atomic mass is 10.0. The van der Waals surface area contributed by atoms with Gasteiger partial charge in [0.1, 0.15) is 0 Å². The standard InChI is InChI=1S/C11H21NO3/c1-5-11(4,14)8-12-7-9(3)10(13)15-6-2/h12,14H,3,5-8H2,1-2,4H3. The number of rotatable bonds is 7. The number of esters is 1. The quantitative estimate of drug-likeness (QED) is 0.488. The van der Waals surface area contributed by atoms with Crippen LogP contribution in [0.5, 0.6) is 0 Å². The molecule has 1 atom stereocenters. The van der Waals surface area contributed by atoms with Crippen molar-refractivity contribution < 1.29 is 14.6 Å². The van der Waals surface area contributed by atoms with E-state index >= 15 is 0 Å². The Hall–Kier alpha value is -0.870. The summed E-state index contributed by atoms with van der Waals surface area (Å²) >= 11 is 0. The lowest BCUT2D eigenvalue weighted by molar-refractivity contribution is -0.138. The molecule has 0 aromatic carbocycles. The van der Waals surface area contributed by atoms with Gasteiger partial charge in [-0.25, -0.2) is 4.79 Å². The first-order chi connectivity index (χ1) is 6.93. The van der Waals surface area contributed by atoms with Crippen LogP contribution in [-0.4, -0.2) is 36.4 Å². The van der Waals surface area contributed by atoms with Crippen molar-refractivity contribution >= 4 is 5.97 Å². The molecule has 0 amide bonds. The molecule has 0 aromatic rings. The molecule has 0 aromatic heterocycles. The Labute approximate surface area is 91.3 Å². The minimum absolute atomic E-state index is 0.342. The highest BCUT2D eigenvalue weighted by molar-refractivity contribution is 5.88. The van der Waals surface area contributed by atoms with Crippen LogP contribution >= 0.6 is 0 Å². The molecule has 0 spiro atoms. The molecule has 0 rings (SSSR count). The van der Waals surface area contributed by atoms with E-state index in [0.29, 0.717) is 31.7 Å².